The highest BCUT2D eigenvalue weighted by atomic mass is 15.0. The molecular formula is C14H30N2. The van der Waals surface area contributed by atoms with Crippen LogP contribution in [0.1, 0.15) is 59.3 Å². The highest BCUT2D eigenvalue weighted by Gasteiger charge is 2.20. The summed E-state index contributed by atoms with van der Waals surface area (Å²) in [6.07, 6.45) is 8.15. The van der Waals surface area contributed by atoms with Gasteiger partial charge in [0, 0.05) is 18.6 Å². The maximum absolute atomic E-state index is 3.68. The Labute approximate surface area is 102 Å². The van der Waals surface area contributed by atoms with E-state index in [1.54, 1.807) is 0 Å². The van der Waals surface area contributed by atoms with E-state index in [1.807, 2.05) is 0 Å². The minimum absolute atomic E-state index is 0.683. The fourth-order valence-corrected chi connectivity index (χ4v) is 2.52. The Hall–Kier alpha value is -0.0800. The van der Waals surface area contributed by atoms with Gasteiger partial charge in [-0.1, -0.05) is 33.1 Å². The van der Waals surface area contributed by atoms with E-state index in [4.69, 9.17) is 0 Å². The molecule has 1 heterocycles. The predicted octanol–water partition coefficient (Wildman–Crippen LogP) is 2.93. The molecule has 2 nitrogen and oxygen atoms in total. The molecule has 1 saturated heterocycles. The Balaban J connectivity index is 2.07. The minimum Gasteiger partial charge on any atom is -0.313 e. The van der Waals surface area contributed by atoms with Crippen molar-refractivity contribution in [2.45, 2.75) is 71.4 Å². The Bertz CT molecular complexity index is 170. The van der Waals surface area contributed by atoms with Crippen LogP contribution in [-0.4, -0.2) is 25.2 Å². The van der Waals surface area contributed by atoms with E-state index in [0.29, 0.717) is 12.1 Å². The summed E-state index contributed by atoms with van der Waals surface area (Å²) in [5.41, 5.74) is 0. The van der Waals surface area contributed by atoms with Crippen LogP contribution >= 0.6 is 0 Å². The smallest absolute Gasteiger partial charge is 0.0218 e. The molecule has 96 valence electrons. The minimum atomic E-state index is 0.683. The zero-order chi connectivity index (χ0) is 11.8. The van der Waals surface area contributed by atoms with E-state index in [1.165, 1.54) is 45.1 Å². The third-order valence-electron chi connectivity index (χ3n) is 3.86. The van der Waals surface area contributed by atoms with Gasteiger partial charge in [-0.2, -0.15) is 0 Å². The van der Waals surface area contributed by atoms with Crippen LogP contribution in [0.15, 0.2) is 0 Å². The lowest BCUT2D eigenvalue weighted by Gasteiger charge is -2.31. The van der Waals surface area contributed by atoms with Crippen LogP contribution in [0, 0.1) is 5.92 Å². The molecule has 0 bridgehead atoms. The quantitative estimate of drug-likeness (QED) is 0.652. The molecule has 0 radical (unpaired) electrons. The first-order valence-electron chi connectivity index (χ1n) is 7.20. The van der Waals surface area contributed by atoms with Crippen molar-refractivity contribution in [3.05, 3.63) is 0 Å². The van der Waals surface area contributed by atoms with Crippen LogP contribution in [0.5, 0.6) is 0 Å². The molecule has 2 heteroatoms. The molecule has 1 aliphatic rings. The van der Waals surface area contributed by atoms with E-state index in [0.717, 1.165) is 12.5 Å². The molecule has 3 unspecified atom stereocenters. The summed E-state index contributed by atoms with van der Waals surface area (Å²) in [5, 5.41) is 7.31. The number of piperidine rings is 1. The van der Waals surface area contributed by atoms with Gasteiger partial charge in [0.15, 0.2) is 0 Å². The van der Waals surface area contributed by atoms with Crippen molar-refractivity contribution in [3.63, 3.8) is 0 Å². The number of nitrogens with one attached hydrogen (secondary N) is 2. The van der Waals surface area contributed by atoms with Gasteiger partial charge in [0.05, 0.1) is 0 Å². The summed E-state index contributed by atoms with van der Waals surface area (Å²) in [6.45, 7) is 9.32. The Morgan fingerprint density at radius 2 is 2.19 bits per heavy atom. The van der Waals surface area contributed by atoms with Gasteiger partial charge in [-0.3, -0.25) is 0 Å². The molecule has 1 rings (SSSR count). The summed E-state index contributed by atoms with van der Waals surface area (Å²) in [7, 11) is 0. The van der Waals surface area contributed by atoms with Crippen molar-refractivity contribution in [2.24, 2.45) is 5.92 Å². The largest absolute Gasteiger partial charge is 0.313 e. The van der Waals surface area contributed by atoms with Crippen molar-refractivity contribution in [3.8, 4) is 0 Å². The van der Waals surface area contributed by atoms with Crippen LogP contribution < -0.4 is 10.6 Å². The van der Waals surface area contributed by atoms with Crippen molar-refractivity contribution in [1.29, 1.82) is 0 Å². The molecule has 0 aromatic rings. The van der Waals surface area contributed by atoms with Gasteiger partial charge in [0.2, 0.25) is 0 Å². The third kappa shape index (κ3) is 5.31. The molecule has 16 heavy (non-hydrogen) atoms. The lowest BCUT2D eigenvalue weighted by molar-refractivity contribution is 0.281. The lowest BCUT2D eigenvalue weighted by atomic mass is 9.92. The van der Waals surface area contributed by atoms with E-state index in [9.17, 15) is 0 Å². The van der Waals surface area contributed by atoms with Gasteiger partial charge < -0.3 is 10.6 Å². The van der Waals surface area contributed by atoms with Gasteiger partial charge in [0.25, 0.3) is 0 Å². The Morgan fingerprint density at radius 1 is 1.38 bits per heavy atom. The first kappa shape index (κ1) is 14.0. The zero-order valence-electron chi connectivity index (χ0n) is 11.4. The predicted molar refractivity (Wildman–Crippen MR) is 71.8 cm³/mol. The van der Waals surface area contributed by atoms with Crippen LogP contribution in [0.4, 0.5) is 0 Å². The highest BCUT2D eigenvalue weighted by molar-refractivity contribution is 4.81. The van der Waals surface area contributed by atoms with Crippen LogP contribution in [0.2, 0.25) is 0 Å². The molecule has 0 aliphatic carbocycles. The van der Waals surface area contributed by atoms with E-state index in [-0.39, 0.29) is 0 Å². The normalized spacial score (nSPS) is 27.9. The lowest BCUT2D eigenvalue weighted by Crippen LogP contribution is -2.48. The molecule has 0 spiro atoms. The van der Waals surface area contributed by atoms with Crippen molar-refractivity contribution >= 4 is 0 Å². The van der Waals surface area contributed by atoms with Gasteiger partial charge in [0.1, 0.15) is 0 Å². The molecule has 0 aromatic carbocycles. The Kier molecular flexibility index (Phi) is 7.06. The summed E-state index contributed by atoms with van der Waals surface area (Å²) >= 11 is 0. The summed E-state index contributed by atoms with van der Waals surface area (Å²) < 4.78 is 0. The number of hydrogen-bond donors (Lipinski definition) is 2. The fourth-order valence-electron chi connectivity index (χ4n) is 2.52. The molecule has 0 aromatic heterocycles. The van der Waals surface area contributed by atoms with E-state index < -0.39 is 0 Å². The van der Waals surface area contributed by atoms with Crippen molar-refractivity contribution in [1.82, 2.24) is 10.6 Å². The first-order chi connectivity index (χ1) is 7.74. The van der Waals surface area contributed by atoms with E-state index in [2.05, 4.69) is 31.4 Å². The second-order valence-electron chi connectivity index (χ2n) is 5.49. The maximum Gasteiger partial charge on any atom is 0.0218 e. The average Bonchev–Trinajstić information content (AvgIpc) is 2.28. The summed E-state index contributed by atoms with van der Waals surface area (Å²) in [5.74, 6) is 0.837. The topological polar surface area (TPSA) is 24.1 Å². The van der Waals surface area contributed by atoms with Crippen LogP contribution in [0.25, 0.3) is 0 Å². The van der Waals surface area contributed by atoms with Gasteiger partial charge in [-0.15, -0.1) is 0 Å². The monoisotopic (exact) mass is 226 g/mol. The number of unbranched alkanes of at least 4 members (excludes halogenated alkanes) is 2. The molecular weight excluding hydrogens is 196 g/mol. The third-order valence-corrected chi connectivity index (χ3v) is 3.86. The van der Waals surface area contributed by atoms with E-state index >= 15 is 0 Å². The van der Waals surface area contributed by atoms with Gasteiger partial charge >= 0.3 is 0 Å². The zero-order valence-corrected chi connectivity index (χ0v) is 11.4. The number of hydrogen-bond acceptors (Lipinski definition) is 2. The average molecular weight is 226 g/mol. The van der Waals surface area contributed by atoms with Gasteiger partial charge in [-0.05, 0) is 38.6 Å². The van der Waals surface area contributed by atoms with Crippen LogP contribution in [-0.2, 0) is 0 Å². The molecule has 0 amide bonds. The van der Waals surface area contributed by atoms with Crippen molar-refractivity contribution < 1.29 is 0 Å². The standard InChI is InChI=1S/C14H30N2/c1-4-5-6-9-13(3)16-11-14-12(2)8-7-10-15-14/h12-16H,4-11H2,1-3H3. The number of rotatable bonds is 7. The van der Waals surface area contributed by atoms with Crippen molar-refractivity contribution in [2.75, 3.05) is 13.1 Å². The molecule has 2 N–H and O–H groups in total. The maximum atomic E-state index is 3.68. The SMILES string of the molecule is CCCCCC(C)NCC1NCCCC1C. The summed E-state index contributed by atoms with van der Waals surface area (Å²) in [6, 6.07) is 1.38. The Morgan fingerprint density at radius 3 is 2.88 bits per heavy atom. The second-order valence-corrected chi connectivity index (χ2v) is 5.49. The van der Waals surface area contributed by atoms with Crippen LogP contribution in [0.3, 0.4) is 0 Å². The molecule has 3 atom stereocenters. The highest BCUT2D eigenvalue weighted by Crippen LogP contribution is 2.15. The fraction of sp³-hybridized carbons (Fsp3) is 1.00. The first-order valence-corrected chi connectivity index (χ1v) is 7.20. The molecule has 1 fully saturated rings. The molecule has 0 saturated carbocycles. The van der Waals surface area contributed by atoms with Gasteiger partial charge in [-0.25, -0.2) is 0 Å². The summed E-state index contributed by atoms with van der Waals surface area (Å²) in [4.78, 5) is 0. The second kappa shape index (κ2) is 8.08. The molecule has 1 aliphatic heterocycles.